The third-order valence-corrected chi connectivity index (χ3v) is 2.76. The molecule has 0 radical (unpaired) electrons. The van der Waals surface area contributed by atoms with Crippen molar-refractivity contribution in [3.63, 3.8) is 0 Å². The van der Waals surface area contributed by atoms with Gasteiger partial charge in [-0.25, -0.2) is 4.79 Å². The number of nitrogens with zero attached hydrogens (tertiary/aromatic N) is 1. The van der Waals surface area contributed by atoms with Crippen molar-refractivity contribution in [2.24, 2.45) is 0 Å². The summed E-state index contributed by atoms with van der Waals surface area (Å²) in [4.78, 5) is 26.9. The van der Waals surface area contributed by atoms with E-state index in [1.807, 2.05) is 0 Å². The van der Waals surface area contributed by atoms with E-state index in [1.54, 1.807) is 11.7 Å². The molecular weight excluding hydrogens is 244 g/mol. The van der Waals surface area contributed by atoms with Gasteiger partial charge in [-0.05, 0) is 0 Å². The Kier molecular flexibility index (Phi) is 3.20. The quantitative estimate of drug-likeness (QED) is 0.857. The Morgan fingerprint density at radius 1 is 1.53 bits per heavy atom. The average Bonchev–Trinajstić information content (AvgIpc) is 2.96. The maximum atomic E-state index is 11.6. The molecule has 0 saturated carbocycles. The number of nitrogens with one attached hydrogen (secondary N) is 1. The largest absolute Gasteiger partial charge is 0.478 e. The third kappa shape index (κ3) is 2.70. The zero-order valence-corrected chi connectivity index (χ0v) is 9.36. The van der Waals surface area contributed by atoms with Gasteiger partial charge in [-0.3, -0.25) is 9.78 Å². The van der Waals surface area contributed by atoms with Crippen LogP contribution in [-0.2, 0) is 6.54 Å². The molecule has 0 bridgehead atoms. The van der Waals surface area contributed by atoms with Gasteiger partial charge in [0.25, 0.3) is 5.91 Å². The van der Waals surface area contributed by atoms with Crippen LogP contribution in [0, 0.1) is 0 Å². The molecule has 0 aliphatic heterocycles. The lowest BCUT2D eigenvalue weighted by Crippen LogP contribution is -2.21. The second kappa shape index (κ2) is 4.79. The van der Waals surface area contributed by atoms with E-state index < -0.39 is 11.9 Å². The van der Waals surface area contributed by atoms with Crippen LogP contribution in [0.15, 0.2) is 28.5 Å². The van der Waals surface area contributed by atoms with E-state index in [0.29, 0.717) is 6.54 Å². The van der Waals surface area contributed by atoms with Crippen molar-refractivity contribution < 1.29 is 19.1 Å². The van der Waals surface area contributed by atoms with Crippen molar-refractivity contribution in [2.45, 2.75) is 6.54 Å². The van der Waals surface area contributed by atoms with Crippen LogP contribution in [0.1, 0.15) is 25.8 Å². The van der Waals surface area contributed by atoms with E-state index in [0.717, 1.165) is 11.1 Å². The van der Waals surface area contributed by atoms with Crippen molar-refractivity contribution >= 4 is 23.2 Å². The van der Waals surface area contributed by atoms with Crippen LogP contribution in [0.25, 0.3) is 0 Å². The van der Waals surface area contributed by atoms with Crippen LogP contribution in [0.5, 0.6) is 0 Å². The second-order valence-electron chi connectivity index (χ2n) is 3.16. The fourth-order valence-corrected chi connectivity index (χ4v) is 1.69. The molecule has 6 nitrogen and oxygen atoms in total. The lowest BCUT2D eigenvalue weighted by molar-refractivity contribution is 0.0696. The average molecular weight is 252 g/mol. The van der Waals surface area contributed by atoms with Crippen molar-refractivity contribution in [1.29, 1.82) is 0 Å². The van der Waals surface area contributed by atoms with E-state index in [4.69, 9.17) is 9.52 Å². The smallest absolute Gasteiger partial charge is 0.338 e. The molecule has 0 aliphatic carbocycles. The molecule has 0 spiro atoms. The summed E-state index contributed by atoms with van der Waals surface area (Å²) in [6.45, 7) is 0.340. The Hall–Kier alpha value is -2.15. The second-order valence-corrected chi connectivity index (χ2v) is 4.13. The molecule has 0 aliphatic rings. The highest BCUT2D eigenvalue weighted by molar-refractivity contribution is 7.09. The third-order valence-electron chi connectivity index (χ3n) is 1.98. The molecule has 2 aromatic rings. The Bertz CT molecular complexity index is 532. The molecular formula is C10H8N2O4S. The van der Waals surface area contributed by atoms with E-state index in [1.165, 1.54) is 17.4 Å². The van der Waals surface area contributed by atoms with Gasteiger partial charge in [0.1, 0.15) is 6.26 Å². The number of hydrogen-bond donors (Lipinski definition) is 2. The lowest BCUT2D eigenvalue weighted by atomic mass is 10.3. The summed E-state index contributed by atoms with van der Waals surface area (Å²) in [5.74, 6) is -1.60. The minimum absolute atomic E-state index is 0.0214. The van der Waals surface area contributed by atoms with Gasteiger partial charge < -0.3 is 14.8 Å². The van der Waals surface area contributed by atoms with E-state index in [9.17, 15) is 9.59 Å². The number of carbonyl (C=O) groups is 2. The first-order valence-corrected chi connectivity index (χ1v) is 5.52. The zero-order valence-electron chi connectivity index (χ0n) is 8.54. The summed E-state index contributed by atoms with van der Waals surface area (Å²) >= 11 is 1.42. The summed E-state index contributed by atoms with van der Waals surface area (Å²) in [5.41, 5.74) is 1.62. The highest BCUT2D eigenvalue weighted by Gasteiger charge is 2.14. The Morgan fingerprint density at radius 2 is 2.35 bits per heavy atom. The number of carboxylic acids is 1. The van der Waals surface area contributed by atoms with Crippen LogP contribution in [0.4, 0.5) is 0 Å². The van der Waals surface area contributed by atoms with Gasteiger partial charge in [0.2, 0.25) is 0 Å². The topological polar surface area (TPSA) is 92.4 Å². The van der Waals surface area contributed by atoms with Gasteiger partial charge in [0.15, 0.2) is 5.76 Å². The zero-order chi connectivity index (χ0) is 12.3. The molecule has 0 unspecified atom stereocenters. The van der Waals surface area contributed by atoms with Crippen LogP contribution in [-0.4, -0.2) is 22.0 Å². The van der Waals surface area contributed by atoms with Gasteiger partial charge >= 0.3 is 5.97 Å². The van der Waals surface area contributed by atoms with E-state index >= 15 is 0 Å². The van der Waals surface area contributed by atoms with Gasteiger partial charge in [-0.2, -0.15) is 0 Å². The van der Waals surface area contributed by atoms with Crippen molar-refractivity contribution in [3.05, 3.63) is 40.2 Å². The molecule has 0 aromatic carbocycles. The fraction of sp³-hybridized carbons (Fsp3) is 0.100. The number of thiazole rings is 1. The van der Waals surface area contributed by atoms with E-state index in [2.05, 4.69) is 10.3 Å². The standard InChI is InChI=1S/C10H8N2O4S/c13-9(12-3-7-2-11-5-17-7)8-1-6(4-16-8)10(14)15/h1-2,4-5H,3H2,(H,12,13)(H,14,15). The number of aromatic carboxylic acids is 1. The Balaban J connectivity index is 1.97. The number of furan rings is 1. The van der Waals surface area contributed by atoms with Crippen LogP contribution < -0.4 is 5.32 Å². The lowest BCUT2D eigenvalue weighted by Gasteiger charge is -1.99. The number of amides is 1. The molecule has 2 aromatic heterocycles. The van der Waals surface area contributed by atoms with Crippen molar-refractivity contribution in [1.82, 2.24) is 10.3 Å². The molecule has 17 heavy (non-hydrogen) atoms. The number of hydrogen-bond acceptors (Lipinski definition) is 5. The molecule has 0 saturated heterocycles. The molecule has 2 heterocycles. The SMILES string of the molecule is O=C(O)c1coc(C(=O)NCc2cncs2)c1. The van der Waals surface area contributed by atoms with Crippen LogP contribution >= 0.6 is 11.3 Å². The normalized spacial score (nSPS) is 10.1. The number of carbonyl (C=O) groups excluding carboxylic acids is 1. The Labute approximate surface area is 99.9 Å². The summed E-state index contributed by atoms with van der Waals surface area (Å²) in [6.07, 6.45) is 2.68. The summed E-state index contributed by atoms with van der Waals surface area (Å²) < 4.78 is 4.85. The predicted molar refractivity (Wildman–Crippen MR) is 59.0 cm³/mol. The highest BCUT2D eigenvalue weighted by atomic mass is 32.1. The molecule has 2 N–H and O–H groups in total. The van der Waals surface area contributed by atoms with Gasteiger partial charge in [0, 0.05) is 17.1 Å². The van der Waals surface area contributed by atoms with Gasteiger partial charge in [-0.1, -0.05) is 0 Å². The molecule has 88 valence electrons. The maximum absolute atomic E-state index is 11.6. The molecule has 0 atom stereocenters. The number of carboxylic acid groups (broad SMARTS) is 1. The number of rotatable bonds is 4. The van der Waals surface area contributed by atoms with E-state index in [-0.39, 0.29) is 11.3 Å². The van der Waals surface area contributed by atoms with Crippen LogP contribution in [0.2, 0.25) is 0 Å². The molecule has 1 amide bonds. The fourth-order valence-electron chi connectivity index (χ4n) is 1.15. The first-order chi connectivity index (χ1) is 8.16. The molecule has 7 heteroatoms. The molecule has 0 fully saturated rings. The predicted octanol–water partition coefficient (Wildman–Crippen LogP) is 1.36. The highest BCUT2D eigenvalue weighted by Crippen LogP contribution is 2.09. The van der Waals surface area contributed by atoms with Gasteiger partial charge in [-0.15, -0.1) is 11.3 Å². The maximum Gasteiger partial charge on any atom is 0.338 e. The Morgan fingerprint density at radius 3 is 2.94 bits per heavy atom. The van der Waals surface area contributed by atoms with Crippen LogP contribution in [0.3, 0.4) is 0 Å². The van der Waals surface area contributed by atoms with Crippen molar-refractivity contribution in [2.75, 3.05) is 0 Å². The summed E-state index contributed by atoms with van der Waals surface area (Å²) in [7, 11) is 0. The summed E-state index contributed by atoms with van der Waals surface area (Å²) in [5, 5.41) is 11.3. The first kappa shape index (κ1) is 11.3. The monoisotopic (exact) mass is 252 g/mol. The van der Waals surface area contributed by atoms with Crippen molar-refractivity contribution in [3.8, 4) is 0 Å². The van der Waals surface area contributed by atoms with Gasteiger partial charge in [0.05, 0.1) is 17.6 Å². The summed E-state index contributed by atoms with van der Waals surface area (Å²) in [6, 6.07) is 1.18. The first-order valence-electron chi connectivity index (χ1n) is 4.64. The number of aromatic nitrogens is 1. The molecule has 2 rings (SSSR count). The minimum Gasteiger partial charge on any atom is -0.478 e. The minimum atomic E-state index is -1.13.